The lowest BCUT2D eigenvalue weighted by Gasteiger charge is -2.25. The number of aromatic amines is 1. The molecule has 0 aliphatic heterocycles. The van der Waals surface area contributed by atoms with Crippen LogP contribution in [0.5, 0.6) is 0 Å². The summed E-state index contributed by atoms with van der Waals surface area (Å²) in [6.45, 7) is 2.77. The summed E-state index contributed by atoms with van der Waals surface area (Å²) in [7, 11) is 0. The molecule has 190 valence electrons. The molecule has 0 radical (unpaired) electrons. The molecule has 0 aromatic carbocycles. The zero-order chi connectivity index (χ0) is 25.8. The van der Waals surface area contributed by atoms with Gasteiger partial charge in [-0.05, 0) is 18.8 Å². The highest BCUT2D eigenvalue weighted by molar-refractivity contribution is 5.94. The second-order valence-corrected chi connectivity index (χ2v) is 8.23. The molecule has 0 fully saturated rings. The smallest absolute Gasteiger partial charge is 0.328 e. The van der Waals surface area contributed by atoms with Gasteiger partial charge in [0.05, 0.1) is 19.0 Å². The van der Waals surface area contributed by atoms with Crippen LogP contribution in [-0.4, -0.2) is 80.6 Å². The number of H-pyrrole nitrogens is 1. The number of aliphatic hydroxyl groups excluding tert-OH is 1. The molecule has 0 saturated carbocycles. The van der Waals surface area contributed by atoms with Gasteiger partial charge in [-0.15, -0.1) is 0 Å². The van der Waals surface area contributed by atoms with Gasteiger partial charge in [0.2, 0.25) is 23.6 Å². The van der Waals surface area contributed by atoms with Crippen LogP contribution < -0.4 is 27.4 Å². The van der Waals surface area contributed by atoms with Gasteiger partial charge in [0, 0.05) is 24.7 Å². The first-order valence-electron chi connectivity index (χ1n) is 10.7. The molecule has 10 N–H and O–H groups in total. The number of rotatable bonds is 15. The van der Waals surface area contributed by atoms with Gasteiger partial charge in [-0.2, -0.15) is 0 Å². The standard InChI is InChI=1S/C20H33N7O7/c1-10(2)5-13(18(31)27-15(8-28)20(33)34)26-19(32)14(6-11-7-23-9-24-11)25-17(30)12(21)3-4-16(22)29/h7,9-10,12-15,28H,3-6,8,21H2,1-2H3,(H2,22,29)(H,23,24)(H,25,30)(H,26,32)(H,27,31)(H,33,34). The quantitative estimate of drug-likeness (QED) is 0.127. The first-order valence-corrected chi connectivity index (χ1v) is 10.7. The van der Waals surface area contributed by atoms with E-state index >= 15 is 0 Å². The topological polar surface area (TPSA) is 243 Å². The van der Waals surface area contributed by atoms with Crippen molar-refractivity contribution in [2.75, 3.05) is 6.61 Å². The van der Waals surface area contributed by atoms with Gasteiger partial charge in [0.15, 0.2) is 0 Å². The molecule has 1 rings (SSSR count). The minimum Gasteiger partial charge on any atom is -0.480 e. The molecule has 0 aliphatic carbocycles. The van der Waals surface area contributed by atoms with Gasteiger partial charge in [-0.25, -0.2) is 9.78 Å². The summed E-state index contributed by atoms with van der Waals surface area (Å²) in [4.78, 5) is 67.0. The molecule has 1 heterocycles. The number of nitrogens with one attached hydrogen (secondary N) is 4. The second-order valence-electron chi connectivity index (χ2n) is 8.23. The number of aliphatic carboxylic acids is 1. The fourth-order valence-electron chi connectivity index (χ4n) is 2.97. The number of carbonyl (C=O) groups is 5. The van der Waals surface area contributed by atoms with Crippen LogP contribution in [0.2, 0.25) is 0 Å². The van der Waals surface area contributed by atoms with E-state index < -0.39 is 60.4 Å². The lowest BCUT2D eigenvalue weighted by Crippen LogP contribution is -2.58. The highest BCUT2D eigenvalue weighted by Gasteiger charge is 2.31. The fraction of sp³-hybridized carbons (Fsp3) is 0.600. The maximum Gasteiger partial charge on any atom is 0.328 e. The van der Waals surface area contributed by atoms with Gasteiger partial charge < -0.3 is 42.6 Å². The average molecular weight is 484 g/mol. The lowest BCUT2D eigenvalue weighted by molar-refractivity contribution is -0.143. The van der Waals surface area contributed by atoms with Crippen molar-refractivity contribution in [1.29, 1.82) is 0 Å². The van der Waals surface area contributed by atoms with E-state index in [4.69, 9.17) is 16.6 Å². The van der Waals surface area contributed by atoms with Gasteiger partial charge in [-0.3, -0.25) is 19.2 Å². The van der Waals surface area contributed by atoms with Crippen molar-refractivity contribution in [1.82, 2.24) is 25.9 Å². The summed E-state index contributed by atoms with van der Waals surface area (Å²) in [5.74, 6) is -4.33. The molecule has 0 saturated heterocycles. The number of carbonyl (C=O) groups excluding carboxylic acids is 4. The first-order chi connectivity index (χ1) is 15.9. The maximum atomic E-state index is 13.1. The van der Waals surface area contributed by atoms with E-state index in [2.05, 4.69) is 25.9 Å². The monoisotopic (exact) mass is 483 g/mol. The van der Waals surface area contributed by atoms with E-state index in [1.54, 1.807) is 13.8 Å². The molecule has 0 aliphatic rings. The van der Waals surface area contributed by atoms with E-state index in [0.717, 1.165) is 0 Å². The second kappa shape index (κ2) is 13.9. The molecule has 0 spiro atoms. The lowest BCUT2D eigenvalue weighted by atomic mass is 10.0. The number of amides is 4. The molecule has 4 unspecified atom stereocenters. The number of carboxylic acid groups (broad SMARTS) is 1. The Hall–Kier alpha value is -3.52. The summed E-state index contributed by atoms with van der Waals surface area (Å²) >= 11 is 0. The van der Waals surface area contributed by atoms with Crippen LogP contribution in [0.4, 0.5) is 0 Å². The van der Waals surface area contributed by atoms with E-state index in [0.29, 0.717) is 5.69 Å². The van der Waals surface area contributed by atoms with Crippen molar-refractivity contribution in [3.63, 3.8) is 0 Å². The van der Waals surface area contributed by atoms with Crippen molar-refractivity contribution in [3.8, 4) is 0 Å². The van der Waals surface area contributed by atoms with Crippen LogP contribution in [0.25, 0.3) is 0 Å². The number of hydrogen-bond acceptors (Lipinski definition) is 8. The van der Waals surface area contributed by atoms with Crippen LogP contribution in [-0.2, 0) is 30.4 Å². The highest BCUT2D eigenvalue weighted by Crippen LogP contribution is 2.08. The number of hydrogen-bond donors (Lipinski definition) is 8. The summed E-state index contributed by atoms with van der Waals surface area (Å²) < 4.78 is 0. The van der Waals surface area contributed by atoms with E-state index in [1.807, 2.05) is 0 Å². The van der Waals surface area contributed by atoms with Crippen molar-refractivity contribution in [2.45, 2.75) is 63.7 Å². The molecule has 14 nitrogen and oxygen atoms in total. The Bertz CT molecular complexity index is 844. The molecule has 1 aromatic rings. The van der Waals surface area contributed by atoms with Crippen molar-refractivity contribution in [3.05, 3.63) is 18.2 Å². The Morgan fingerprint density at radius 1 is 1.03 bits per heavy atom. The van der Waals surface area contributed by atoms with Gasteiger partial charge in [0.25, 0.3) is 0 Å². The molecular weight excluding hydrogens is 450 g/mol. The molecule has 34 heavy (non-hydrogen) atoms. The first kappa shape index (κ1) is 28.5. The summed E-state index contributed by atoms with van der Waals surface area (Å²) in [6, 6.07) is -4.93. The van der Waals surface area contributed by atoms with E-state index in [9.17, 15) is 29.1 Å². The largest absolute Gasteiger partial charge is 0.480 e. The normalized spacial score (nSPS) is 14.5. The van der Waals surface area contributed by atoms with Crippen LogP contribution in [0.1, 0.15) is 38.8 Å². The molecule has 0 bridgehead atoms. The maximum absolute atomic E-state index is 13.1. The summed E-state index contributed by atoms with van der Waals surface area (Å²) in [5, 5.41) is 25.5. The SMILES string of the molecule is CC(C)CC(NC(=O)C(Cc1cnc[nH]1)NC(=O)C(N)CCC(N)=O)C(=O)NC(CO)C(=O)O. The van der Waals surface area contributed by atoms with Crippen LogP contribution in [0.15, 0.2) is 12.5 Å². The van der Waals surface area contributed by atoms with Gasteiger partial charge >= 0.3 is 5.97 Å². The Morgan fingerprint density at radius 3 is 2.12 bits per heavy atom. The zero-order valence-corrected chi connectivity index (χ0v) is 19.1. The average Bonchev–Trinajstić information content (AvgIpc) is 3.26. The predicted molar refractivity (Wildman–Crippen MR) is 119 cm³/mol. The molecule has 1 aromatic heterocycles. The molecule has 4 amide bonds. The Kier molecular flexibility index (Phi) is 11.7. The fourth-order valence-corrected chi connectivity index (χ4v) is 2.97. The summed E-state index contributed by atoms with van der Waals surface area (Å²) in [6.07, 6.45) is 2.87. The summed E-state index contributed by atoms with van der Waals surface area (Å²) in [5.41, 5.74) is 11.4. The molecule has 4 atom stereocenters. The van der Waals surface area contributed by atoms with Crippen molar-refractivity contribution in [2.24, 2.45) is 17.4 Å². The Morgan fingerprint density at radius 2 is 1.62 bits per heavy atom. The molecule has 14 heteroatoms. The van der Waals surface area contributed by atoms with Gasteiger partial charge in [-0.1, -0.05) is 13.8 Å². The number of carboxylic acids is 1. The third kappa shape index (κ3) is 9.95. The van der Waals surface area contributed by atoms with Crippen LogP contribution >= 0.6 is 0 Å². The number of imidazole rings is 1. The zero-order valence-electron chi connectivity index (χ0n) is 19.1. The Balaban J connectivity index is 3.00. The third-order valence-electron chi connectivity index (χ3n) is 4.79. The van der Waals surface area contributed by atoms with Crippen molar-refractivity contribution >= 4 is 29.6 Å². The minimum absolute atomic E-state index is 0.00940. The minimum atomic E-state index is -1.54. The highest BCUT2D eigenvalue weighted by atomic mass is 16.4. The predicted octanol–water partition coefficient (Wildman–Crippen LogP) is -2.88. The van der Waals surface area contributed by atoms with Crippen molar-refractivity contribution < 1.29 is 34.2 Å². The number of nitrogens with zero attached hydrogens (tertiary/aromatic N) is 1. The van der Waals surface area contributed by atoms with Crippen LogP contribution in [0, 0.1) is 5.92 Å². The van der Waals surface area contributed by atoms with Gasteiger partial charge in [0.1, 0.15) is 18.1 Å². The number of primary amides is 1. The Labute approximate surface area is 196 Å². The van der Waals surface area contributed by atoms with Crippen LogP contribution in [0.3, 0.4) is 0 Å². The number of nitrogens with two attached hydrogens (primary N) is 2. The van der Waals surface area contributed by atoms with E-state index in [-0.39, 0.29) is 31.6 Å². The van der Waals surface area contributed by atoms with E-state index in [1.165, 1.54) is 12.5 Å². The number of aliphatic hydroxyl groups is 1. The number of aromatic nitrogens is 2. The molecular formula is C20H33N7O7. The third-order valence-corrected chi connectivity index (χ3v) is 4.79.